The van der Waals surface area contributed by atoms with Crippen molar-refractivity contribution in [3.8, 4) is 0 Å². The van der Waals surface area contributed by atoms with Crippen LogP contribution >= 0.6 is 11.6 Å². The van der Waals surface area contributed by atoms with Gasteiger partial charge in [-0.1, -0.05) is 11.6 Å². The Morgan fingerprint density at radius 3 is 2.33 bits per heavy atom. The van der Waals surface area contributed by atoms with Gasteiger partial charge in [0.25, 0.3) is 0 Å². The highest BCUT2D eigenvalue weighted by Crippen LogP contribution is 2.31. The van der Waals surface area contributed by atoms with Gasteiger partial charge in [0, 0.05) is 30.9 Å². The molecular weight excluding hydrogens is 246 g/mol. The minimum atomic E-state index is 0.546. The van der Waals surface area contributed by atoms with Crippen LogP contribution in [0.15, 0.2) is 12.1 Å². The van der Waals surface area contributed by atoms with Gasteiger partial charge < -0.3 is 10.6 Å². The van der Waals surface area contributed by atoms with E-state index < -0.39 is 0 Å². The molecule has 1 aliphatic heterocycles. The fourth-order valence-electron chi connectivity index (χ4n) is 2.64. The summed E-state index contributed by atoms with van der Waals surface area (Å²) in [7, 11) is 2.19. The quantitative estimate of drug-likeness (QED) is 0.794. The van der Waals surface area contributed by atoms with Crippen LogP contribution in [0.4, 0.5) is 11.4 Å². The van der Waals surface area contributed by atoms with Crippen LogP contribution in [0.1, 0.15) is 19.4 Å². The summed E-state index contributed by atoms with van der Waals surface area (Å²) in [5.41, 5.74) is 8.90. The number of hydrogen-bond acceptors (Lipinski definition) is 3. The van der Waals surface area contributed by atoms with Crippen LogP contribution in [0.3, 0.4) is 0 Å². The van der Waals surface area contributed by atoms with Crippen LogP contribution < -0.4 is 10.6 Å². The van der Waals surface area contributed by atoms with E-state index >= 15 is 0 Å². The fourth-order valence-corrected chi connectivity index (χ4v) is 2.79. The molecule has 0 aliphatic carbocycles. The number of likely N-dealkylation sites (N-methyl/N-ethyl adjacent to an activating group) is 1. The van der Waals surface area contributed by atoms with E-state index in [1.165, 1.54) is 11.3 Å². The molecule has 2 N–H and O–H groups in total. The van der Waals surface area contributed by atoms with Crippen molar-refractivity contribution in [1.82, 2.24) is 4.90 Å². The molecule has 3 nitrogen and oxygen atoms in total. The summed E-state index contributed by atoms with van der Waals surface area (Å²) in [6.07, 6.45) is 0. The molecule has 1 fully saturated rings. The predicted octanol–water partition coefficient (Wildman–Crippen LogP) is 2.76. The molecule has 4 heteroatoms. The summed E-state index contributed by atoms with van der Waals surface area (Å²) in [5.74, 6) is 0. The number of nitrogens with zero attached hydrogens (tertiary/aromatic N) is 2. The predicted molar refractivity (Wildman–Crippen MR) is 79.5 cm³/mol. The fraction of sp³-hybridized carbons (Fsp3) is 0.571. The van der Waals surface area contributed by atoms with Gasteiger partial charge in [0.15, 0.2) is 0 Å². The van der Waals surface area contributed by atoms with E-state index in [9.17, 15) is 0 Å². The zero-order valence-electron chi connectivity index (χ0n) is 11.6. The standard InChI is InChI=1S/C14H22ClN3/c1-9-5-13(16)12(15)6-14(9)18-7-10(2)17(4)11(3)8-18/h5-6,10-11H,7-8,16H2,1-4H3. The number of aryl methyl sites for hydroxylation is 1. The maximum Gasteiger partial charge on any atom is 0.0656 e. The number of benzene rings is 1. The second-order valence-electron chi connectivity index (χ2n) is 5.43. The van der Waals surface area contributed by atoms with E-state index in [1.54, 1.807) is 0 Å². The largest absolute Gasteiger partial charge is 0.398 e. The summed E-state index contributed by atoms with van der Waals surface area (Å²) in [6, 6.07) is 5.05. The molecule has 0 amide bonds. The van der Waals surface area contributed by atoms with Gasteiger partial charge in [0.1, 0.15) is 0 Å². The first-order valence-electron chi connectivity index (χ1n) is 6.42. The third-order valence-corrected chi connectivity index (χ3v) is 4.34. The van der Waals surface area contributed by atoms with E-state index in [0.29, 0.717) is 22.8 Å². The summed E-state index contributed by atoms with van der Waals surface area (Å²) in [4.78, 5) is 4.83. The Bertz CT molecular complexity index is 435. The van der Waals surface area contributed by atoms with Gasteiger partial charge in [0.2, 0.25) is 0 Å². The molecule has 0 saturated carbocycles. The summed E-state index contributed by atoms with van der Waals surface area (Å²) in [6.45, 7) is 8.67. The Hall–Kier alpha value is -0.930. The lowest BCUT2D eigenvalue weighted by molar-refractivity contribution is 0.170. The van der Waals surface area contributed by atoms with Crippen LogP contribution in [0.5, 0.6) is 0 Å². The van der Waals surface area contributed by atoms with Gasteiger partial charge in [-0.05, 0) is 45.5 Å². The molecule has 0 radical (unpaired) electrons. The lowest BCUT2D eigenvalue weighted by Crippen LogP contribution is -2.55. The van der Waals surface area contributed by atoms with Crippen molar-refractivity contribution < 1.29 is 0 Å². The molecular formula is C14H22ClN3. The Labute approximate surface area is 115 Å². The van der Waals surface area contributed by atoms with Gasteiger partial charge in [-0.25, -0.2) is 0 Å². The molecule has 18 heavy (non-hydrogen) atoms. The monoisotopic (exact) mass is 267 g/mol. The molecule has 1 aromatic rings. The van der Waals surface area contributed by atoms with Gasteiger partial charge in [-0.15, -0.1) is 0 Å². The number of nitrogens with two attached hydrogens (primary N) is 1. The molecule has 2 unspecified atom stereocenters. The average Bonchev–Trinajstić information content (AvgIpc) is 2.30. The number of anilines is 2. The molecule has 0 aromatic heterocycles. The molecule has 0 spiro atoms. The van der Waals surface area contributed by atoms with Crippen molar-refractivity contribution >= 4 is 23.0 Å². The Morgan fingerprint density at radius 1 is 1.22 bits per heavy atom. The van der Waals surface area contributed by atoms with Gasteiger partial charge in [-0.2, -0.15) is 0 Å². The van der Waals surface area contributed by atoms with Crippen LogP contribution in [0, 0.1) is 6.92 Å². The Kier molecular flexibility index (Phi) is 3.74. The molecule has 2 atom stereocenters. The van der Waals surface area contributed by atoms with E-state index in [4.69, 9.17) is 17.3 Å². The summed E-state index contributed by atoms with van der Waals surface area (Å²) >= 11 is 6.14. The summed E-state index contributed by atoms with van der Waals surface area (Å²) in [5, 5.41) is 0.648. The second kappa shape index (κ2) is 4.98. The van der Waals surface area contributed by atoms with Crippen molar-refractivity contribution in [3.63, 3.8) is 0 Å². The molecule has 100 valence electrons. The molecule has 2 rings (SSSR count). The zero-order valence-corrected chi connectivity index (χ0v) is 12.3. The third-order valence-electron chi connectivity index (χ3n) is 4.02. The molecule has 1 heterocycles. The first kappa shape index (κ1) is 13.5. The Balaban J connectivity index is 2.29. The molecule has 1 aliphatic rings. The maximum absolute atomic E-state index is 6.14. The highest BCUT2D eigenvalue weighted by atomic mass is 35.5. The van der Waals surface area contributed by atoms with E-state index in [2.05, 4.69) is 37.6 Å². The van der Waals surface area contributed by atoms with E-state index in [-0.39, 0.29) is 0 Å². The number of halogens is 1. The molecule has 1 saturated heterocycles. The van der Waals surface area contributed by atoms with Gasteiger partial charge in [0.05, 0.1) is 10.7 Å². The highest BCUT2D eigenvalue weighted by Gasteiger charge is 2.27. The number of rotatable bonds is 1. The Morgan fingerprint density at radius 2 is 1.78 bits per heavy atom. The third kappa shape index (κ3) is 2.43. The lowest BCUT2D eigenvalue weighted by Gasteiger charge is -2.44. The van der Waals surface area contributed by atoms with Crippen molar-refractivity contribution in [2.24, 2.45) is 0 Å². The number of piperazine rings is 1. The van der Waals surface area contributed by atoms with E-state index in [0.717, 1.165) is 13.1 Å². The molecule has 1 aromatic carbocycles. The van der Waals surface area contributed by atoms with Crippen molar-refractivity contribution in [1.29, 1.82) is 0 Å². The normalized spacial score (nSPS) is 25.5. The SMILES string of the molecule is Cc1cc(N)c(Cl)cc1N1CC(C)N(C)C(C)C1. The minimum Gasteiger partial charge on any atom is -0.398 e. The maximum atomic E-state index is 6.14. The van der Waals surface area contributed by atoms with Gasteiger partial charge in [-0.3, -0.25) is 4.90 Å². The van der Waals surface area contributed by atoms with Gasteiger partial charge >= 0.3 is 0 Å². The summed E-state index contributed by atoms with van der Waals surface area (Å²) < 4.78 is 0. The lowest BCUT2D eigenvalue weighted by atomic mass is 10.1. The van der Waals surface area contributed by atoms with Crippen LogP contribution in [-0.2, 0) is 0 Å². The minimum absolute atomic E-state index is 0.546. The second-order valence-corrected chi connectivity index (χ2v) is 5.84. The topological polar surface area (TPSA) is 32.5 Å². The number of hydrogen-bond donors (Lipinski definition) is 1. The van der Waals surface area contributed by atoms with Crippen molar-refractivity contribution in [2.75, 3.05) is 30.8 Å². The highest BCUT2D eigenvalue weighted by molar-refractivity contribution is 6.33. The van der Waals surface area contributed by atoms with Crippen LogP contribution in [0.2, 0.25) is 5.02 Å². The van der Waals surface area contributed by atoms with Crippen LogP contribution in [-0.4, -0.2) is 37.1 Å². The van der Waals surface area contributed by atoms with Crippen LogP contribution in [0.25, 0.3) is 0 Å². The number of nitrogen functional groups attached to an aromatic ring is 1. The first-order valence-corrected chi connectivity index (χ1v) is 6.80. The zero-order chi connectivity index (χ0) is 13.4. The smallest absolute Gasteiger partial charge is 0.0656 e. The van der Waals surface area contributed by atoms with E-state index in [1.807, 2.05) is 12.1 Å². The first-order chi connectivity index (χ1) is 8.40. The van der Waals surface area contributed by atoms with Crippen molar-refractivity contribution in [3.05, 3.63) is 22.7 Å². The van der Waals surface area contributed by atoms with Crippen molar-refractivity contribution in [2.45, 2.75) is 32.9 Å². The average molecular weight is 268 g/mol. The molecule has 0 bridgehead atoms.